The maximum Gasteiger partial charge on any atom is 0.337 e. The molecule has 36 heavy (non-hydrogen) atoms. The molecule has 0 saturated heterocycles. The zero-order valence-electron chi connectivity index (χ0n) is 19.0. The van der Waals surface area contributed by atoms with Gasteiger partial charge in [-0.1, -0.05) is 47.1 Å². The summed E-state index contributed by atoms with van der Waals surface area (Å²) in [7, 11) is 2.38. The number of anilines is 1. The van der Waals surface area contributed by atoms with E-state index < -0.39 is 35.6 Å². The van der Waals surface area contributed by atoms with Crippen LogP contribution in [0.1, 0.15) is 21.8 Å². The van der Waals surface area contributed by atoms with Crippen molar-refractivity contribution in [2.45, 2.75) is 5.92 Å². The van der Waals surface area contributed by atoms with Crippen molar-refractivity contribution in [1.82, 2.24) is 5.32 Å². The van der Waals surface area contributed by atoms with Crippen molar-refractivity contribution < 1.29 is 28.7 Å². The summed E-state index contributed by atoms with van der Waals surface area (Å²) in [5.41, 5.74) is 1.10. The molecule has 1 heterocycles. The number of carbonyl (C=O) groups is 4. The van der Waals surface area contributed by atoms with Gasteiger partial charge in [0.25, 0.3) is 0 Å². The minimum Gasteiger partial charge on any atom is -0.468 e. The van der Waals surface area contributed by atoms with Crippen LogP contribution in [-0.2, 0) is 23.9 Å². The quantitative estimate of drug-likeness (QED) is 0.393. The number of rotatable bonds is 7. The average Bonchev–Trinajstić information content (AvgIpc) is 2.87. The number of hydrogen-bond donors (Lipinski definition) is 2. The number of benzene rings is 2. The van der Waals surface area contributed by atoms with E-state index in [9.17, 15) is 24.4 Å². The fourth-order valence-electron chi connectivity index (χ4n) is 3.54. The second kappa shape index (κ2) is 11.9. The molecule has 9 nitrogen and oxygen atoms in total. The second-order valence-corrected chi connectivity index (χ2v) is 9.23. The molecule has 186 valence electrons. The predicted octanol–water partition coefficient (Wildman–Crippen LogP) is 3.89. The number of thioether (sulfide) groups is 1. The predicted molar refractivity (Wildman–Crippen MR) is 134 cm³/mol. The van der Waals surface area contributed by atoms with Crippen molar-refractivity contribution in [2.75, 3.05) is 25.3 Å². The number of carbonyl (C=O) groups excluding carboxylic acids is 4. The number of esters is 2. The molecule has 1 aliphatic heterocycles. The Labute approximate surface area is 220 Å². The first-order valence-electron chi connectivity index (χ1n) is 10.3. The lowest BCUT2D eigenvalue weighted by Crippen LogP contribution is -2.44. The van der Waals surface area contributed by atoms with Crippen LogP contribution in [0.4, 0.5) is 5.69 Å². The van der Waals surface area contributed by atoms with Crippen LogP contribution in [0.5, 0.6) is 0 Å². The first kappa shape index (κ1) is 27.1. The van der Waals surface area contributed by atoms with Crippen molar-refractivity contribution in [3.8, 4) is 6.07 Å². The van der Waals surface area contributed by atoms with E-state index in [-0.39, 0.29) is 26.9 Å². The van der Waals surface area contributed by atoms with Crippen molar-refractivity contribution in [1.29, 1.82) is 5.26 Å². The van der Waals surface area contributed by atoms with E-state index in [0.29, 0.717) is 16.3 Å². The van der Waals surface area contributed by atoms with Gasteiger partial charge in [0, 0.05) is 10.9 Å². The fourth-order valence-corrected chi connectivity index (χ4v) is 4.84. The van der Waals surface area contributed by atoms with Crippen molar-refractivity contribution in [2.24, 2.45) is 5.92 Å². The topological polar surface area (TPSA) is 135 Å². The average molecular weight is 548 g/mol. The van der Waals surface area contributed by atoms with E-state index in [1.54, 1.807) is 12.1 Å². The highest BCUT2D eigenvalue weighted by Gasteiger charge is 2.44. The van der Waals surface area contributed by atoms with Gasteiger partial charge in [-0.25, -0.2) is 4.79 Å². The number of hydrogen-bond acceptors (Lipinski definition) is 8. The molecule has 2 aromatic carbocycles. The van der Waals surface area contributed by atoms with Crippen LogP contribution >= 0.6 is 35.0 Å². The Bertz CT molecular complexity index is 1290. The van der Waals surface area contributed by atoms with Crippen molar-refractivity contribution in [3.63, 3.8) is 0 Å². The lowest BCUT2D eigenvalue weighted by atomic mass is 9.78. The lowest BCUT2D eigenvalue weighted by molar-refractivity contribution is -0.150. The maximum absolute atomic E-state index is 12.9. The largest absolute Gasteiger partial charge is 0.468 e. The first-order valence-corrected chi connectivity index (χ1v) is 12.0. The van der Waals surface area contributed by atoms with Gasteiger partial charge in [0.2, 0.25) is 11.8 Å². The van der Waals surface area contributed by atoms with Gasteiger partial charge < -0.3 is 20.1 Å². The summed E-state index contributed by atoms with van der Waals surface area (Å²) >= 11 is 12.9. The molecule has 0 saturated carbocycles. The second-order valence-electron chi connectivity index (χ2n) is 7.40. The van der Waals surface area contributed by atoms with Crippen molar-refractivity contribution in [3.05, 3.63) is 74.2 Å². The monoisotopic (exact) mass is 547 g/mol. The van der Waals surface area contributed by atoms with Crippen LogP contribution in [0.15, 0.2) is 53.1 Å². The van der Waals surface area contributed by atoms with E-state index in [4.69, 9.17) is 32.7 Å². The normalized spacial score (nSPS) is 17.0. The minimum atomic E-state index is -1.35. The number of amides is 2. The zero-order valence-corrected chi connectivity index (χ0v) is 21.3. The molecule has 2 atom stereocenters. The van der Waals surface area contributed by atoms with Gasteiger partial charge >= 0.3 is 11.9 Å². The van der Waals surface area contributed by atoms with Crippen LogP contribution in [0.2, 0.25) is 10.0 Å². The summed E-state index contributed by atoms with van der Waals surface area (Å²) in [6.45, 7) is 0. The third kappa shape index (κ3) is 5.99. The Morgan fingerprint density at radius 3 is 2.39 bits per heavy atom. The standard InChI is InChI=1S/C24H19Cl2N3O6S/c1-34-23(32)13-5-3-12(4-6-13)19-15(10-27)22(29-21(31)20(19)24(33)35-2)36-11-18(30)28-17-8-7-14(25)9-16(17)26/h3-9,19-20H,11H2,1-2H3,(H,28,30)(H,29,31)/t19-,20+/m1/s1. The van der Waals surface area contributed by atoms with Crippen LogP contribution in [0.25, 0.3) is 0 Å². The van der Waals surface area contributed by atoms with Crippen LogP contribution in [0.3, 0.4) is 0 Å². The van der Waals surface area contributed by atoms with Crippen LogP contribution in [-0.4, -0.2) is 43.7 Å². The van der Waals surface area contributed by atoms with Gasteiger partial charge in [0.05, 0.1) is 52.9 Å². The van der Waals surface area contributed by atoms with Gasteiger partial charge in [-0.15, -0.1) is 0 Å². The number of methoxy groups -OCH3 is 2. The zero-order chi connectivity index (χ0) is 26.4. The summed E-state index contributed by atoms with van der Waals surface area (Å²) in [6, 6.07) is 12.6. The molecular formula is C24H19Cl2N3O6S. The molecule has 0 unspecified atom stereocenters. The summed E-state index contributed by atoms with van der Waals surface area (Å²) in [5, 5.41) is 15.9. The Hall–Kier alpha value is -3.52. The number of nitrogens with one attached hydrogen (secondary N) is 2. The Balaban J connectivity index is 1.91. The van der Waals surface area contributed by atoms with E-state index in [1.807, 2.05) is 6.07 Å². The van der Waals surface area contributed by atoms with Gasteiger partial charge in [-0.2, -0.15) is 5.26 Å². The number of nitriles is 1. The summed E-state index contributed by atoms with van der Waals surface area (Å²) in [6.07, 6.45) is 0. The number of allylic oxidation sites excluding steroid dienone is 1. The van der Waals surface area contributed by atoms with E-state index in [2.05, 4.69) is 10.6 Å². The SMILES string of the molecule is COC(=O)c1ccc([C@@H]2C(C#N)=C(SCC(=O)Nc3ccc(Cl)cc3Cl)NC(=O)[C@H]2C(=O)OC)cc1. The highest BCUT2D eigenvalue weighted by atomic mass is 35.5. The molecule has 1 aliphatic rings. The van der Waals surface area contributed by atoms with E-state index in [1.165, 1.54) is 37.4 Å². The highest BCUT2D eigenvalue weighted by molar-refractivity contribution is 8.03. The first-order chi connectivity index (χ1) is 17.2. The smallest absolute Gasteiger partial charge is 0.337 e. The molecule has 2 amide bonds. The third-order valence-corrected chi connectivity index (χ3v) is 6.79. The summed E-state index contributed by atoms with van der Waals surface area (Å²) < 4.78 is 9.49. The van der Waals surface area contributed by atoms with E-state index in [0.717, 1.165) is 18.9 Å². The lowest BCUT2D eigenvalue weighted by Gasteiger charge is -2.31. The maximum atomic E-state index is 12.9. The Morgan fingerprint density at radius 2 is 1.81 bits per heavy atom. The molecule has 0 bridgehead atoms. The van der Waals surface area contributed by atoms with E-state index >= 15 is 0 Å². The number of ether oxygens (including phenoxy) is 2. The molecule has 0 radical (unpaired) electrons. The Morgan fingerprint density at radius 1 is 1.11 bits per heavy atom. The number of halogens is 2. The molecule has 12 heteroatoms. The molecule has 2 aromatic rings. The molecule has 0 aliphatic carbocycles. The molecule has 0 fully saturated rings. The van der Waals surface area contributed by atoms with Crippen LogP contribution < -0.4 is 10.6 Å². The minimum absolute atomic E-state index is 0.0677. The van der Waals surface area contributed by atoms with Crippen LogP contribution in [0, 0.1) is 17.2 Å². The third-order valence-electron chi connectivity index (χ3n) is 5.23. The molecule has 3 rings (SSSR count). The number of nitrogens with zero attached hydrogens (tertiary/aromatic N) is 1. The van der Waals surface area contributed by atoms with Gasteiger partial charge in [0.1, 0.15) is 5.92 Å². The Kier molecular flexibility index (Phi) is 8.98. The molecule has 0 aromatic heterocycles. The summed E-state index contributed by atoms with van der Waals surface area (Å²) in [4.78, 5) is 49.7. The molecule has 0 spiro atoms. The molecular weight excluding hydrogens is 529 g/mol. The van der Waals surface area contributed by atoms with Gasteiger partial charge in [-0.3, -0.25) is 14.4 Å². The molecule has 2 N–H and O–H groups in total. The van der Waals surface area contributed by atoms with Gasteiger partial charge in [0.15, 0.2) is 0 Å². The summed E-state index contributed by atoms with van der Waals surface area (Å²) in [5.74, 6) is -5.05. The highest BCUT2D eigenvalue weighted by Crippen LogP contribution is 2.40. The van der Waals surface area contributed by atoms with Gasteiger partial charge in [-0.05, 0) is 35.9 Å². The van der Waals surface area contributed by atoms with Crippen molar-refractivity contribution >= 4 is 64.4 Å². The fraction of sp³-hybridized carbons (Fsp3) is 0.208.